The Balaban J connectivity index is 0.00000261. The van der Waals surface area contributed by atoms with E-state index in [-0.39, 0.29) is 29.9 Å². The fourth-order valence-electron chi connectivity index (χ4n) is 4.32. The Kier molecular flexibility index (Phi) is 8.38. The van der Waals surface area contributed by atoms with Crippen molar-refractivity contribution in [1.82, 2.24) is 10.2 Å². The Morgan fingerprint density at radius 1 is 1.19 bits per heavy atom. The molecule has 1 amide bonds. The van der Waals surface area contributed by atoms with E-state index >= 15 is 0 Å². The highest BCUT2D eigenvalue weighted by Crippen LogP contribution is 2.45. The van der Waals surface area contributed by atoms with Crippen LogP contribution in [0.15, 0.2) is 29.3 Å². The van der Waals surface area contributed by atoms with Gasteiger partial charge in [0.25, 0.3) is 0 Å². The Hall–Kier alpha value is -1.31. The number of halogens is 1. The topological polar surface area (TPSA) is 56.7 Å². The molecule has 0 unspecified atom stereocenters. The molecule has 2 N–H and O–H groups in total. The second kappa shape index (κ2) is 10.3. The van der Waals surface area contributed by atoms with Crippen LogP contribution >= 0.6 is 24.0 Å². The molecule has 1 heterocycles. The molecular weight excluding hydrogens is 451 g/mol. The van der Waals surface area contributed by atoms with E-state index in [1.54, 1.807) is 0 Å². The second-order valence-corrected chi connectivity index (χ2v) is 7.74. The molecule has 1 aliphatic carbocycles. The molecule has 1 spiro atoms. The minimum absolute atomic E-state index is 0. The summed E-state index contributed by atoms with van der Waals surface area (Å²) in [5.74, 6) is 1.04. The fourth-order valence-corrected chi connectivity index (χ4v) is 4.32. The van der Waals surface area contributed by atoms with Crippen molar-refractivity contribution >= 4 is 41.5 Å². The number of amides is 1. The number of hydrogen-bond acceptors (Lipinski definition) is 2. The highest BCUT2D eigenvalue weighted by Gasteiger charge is 2.41. The maximum Gasteiger partial charge on any atom is 0.221 e. The van der Waals surface area contributed by atoms with Crippen LogP contribution in [-0.2, 0) is 11.2 Å². The molecule has 1 aliphatic heterocycles. The number of rotatable bonds is 5. The van der Waals surface area contributed by atoms with Crippen molar-refractivity contribution in [2.45, 2.75) is 52.4 Å². The van der Waals surface area contributed by atoms with Crippen LogP contribution in [0.2, 0.25) is 0 Å². The van der Waals surface area contributed by atoms with Crippen molar-refractivity contribution in [3.05, 3.63) is 29.8 Å². The van der Waals surface area contributed by atoms with Gasteiger partial charge >= 0.3 is 0 Å². The summed E-state index contributed by atoms with van der Waals surface area (Å²) in [6.45, 7) is 7.66. The van der Waals surface area contributed by atoms with E-state index in [9.17, 15) is 4.79 Å². The van der Waals surface area contributed by atoms with Gasteiger partial charge in [-0.05, 0) is 55.7 Å². The highest BCUT2D eigenvalue weighted by atomic mass is 127. The number of nitrogens with zero attached hydrogens (tertiary/aromatic N) is 2. The molecule has 27 heavy (non-hydrogen) atoms. The zero-order valence-electron chi connectivity index (χ0n) is 16.6. The maximum absolute atomic E-state index is 11.1. The van der Waals surface area contributed by atoms with E-state index in [0.717, 1.165) is 37.7 Å². The van der Waals surface area contributed by atoms with Gasteiger partial charge in [-0.25, -0.2) is 0 Å². The third-order valence-corrected chi connectivity index (χ3v) is 5.67. The van der Waals surface area contributed by atoms with E-state index in [1.807, 2.05) is 12.1 Å². The molecule has 5 nitrogen and oxygen atoms in total. The molecule has 1 saturated carbocycles. The Bertz CT molecular complexity index is 638. The summed E-state index contributed by atoms with van der Waals surface area (Å²) in [6.07, 6.45) is 7.81. The van der Waals surface area contributed by atoms with Gasteiger partial charge < -0.3 is 15.5 Å². The molecule has 1 aromatic rings. The minimum atomic E-state index is -0.0386. The Morgan fingerprint density at radius 3 is 2.52 bits per heavy atom. The van der Waals surface area contributed by atoms with E-state index in [1.165, 1.54) is 51.1 Å². The van der Waals surface area contributed by atoms with Gasteiger partial charge in [-0.2, -0.15) is 0 Å². The van der Waals surface area contributed by atoms with Gasteiger partial charge in [-0.15, -0.1) is 24.0 Å². The van der Waals surface area contributed by atoms with Gasteiger partial charge in [0.2, 0.25) is 5.91 Å². The molecule has 6 heteroatoms. The van der Waals surface area contributed by atoms with Crippen molar-refractivity contribution in [1.29, 1.82) is 0 Å². The smallest absolute Gasteiger partial charge is 0.221 e. The number of carbonyl (C=O) groups is 1. The van der Waals surface area contributed by atoms with Crippen molar-refractivity contribution in [3.8, 4) is 0 Å². The van der Waals surface area contributed by atoms with Gasteiger partial charge in [0.1, 0.15) is 0 Å². The average molecular weight is 484 g/mol. The summed E-state index contributed by atoms with van der Waals surface area (Å²) in [5, 5.41) is 6.28. The number of likely N-dealkylation sites (tertiary alicyclic amines) is 1. The van der Waals surface area contributed by atoms with Gasteiger partial charge in [-0.3, -0.25) is 9.79 Å². The molecule has 0 radical (unpaired) electrons. The van der Waals surface area contributed by atoms with Crippen molar-refractivity contribution < 1.29 is 4.79 Å². The van der Waals surface area contributed by atoms with Crippen LogP contribution in [0, 0.1) is 5.41 Å². The molecule has 0 bridgehead atoms. The SMILES string of the molecule is CCNC(=NCCc1ccc(NC(C)=O)cc1)N1CCC2(CCCC2)C1.I. The number of guanidine groups is 1. The predicted molar refractivity (Wildman–Crippen MR) is 123 cm³/mol. The molecule has 2 fully saturated rings. The van der Waals surface area contributed by atoms with Gasteiger partial charge in [-0.1, -0.05) is 25.0 Å². The second-order valence-electron chi connectivity index (χ2n) is 7.74. The molecule has 3 rings (SSSR count). The molecule has 0 aromatic heterocycles. The highest BCUT2D eigenvalue weighted by molar-refractivity contribution is 14.0. The number of carbonyl (C=O) groups excluding carboxylic acids is 1. The van der Waals surface area contributed by atoms with Crippen molar-refractivity contribution in [2.24, 2.45) is 10.4 Å². The molecule has 150 valence electrons. The summed E-state index contributed by atoms with van der Waals surface area (Å²) in [5.41, 5.74) is 2.65. The fraction of sp³-hybridized carbons (Fsp3) is 0.619. The minimum Gasteiger partial charge on any atom is -0.357 e. The average Bonchev–Trinajstić information content (AvgIpc) is 3.25. The number of anilines is 1. The maximum atomic E-state index is 11.1. The number of benzene rings is 1. The van der Waals surface area contributed by atoms with E-state index in [0.29, 0.717) is 5.41 Å². The predicted octanol–water partition coefficient (Wildman–Crippen LogP) is 4.04. The summed E-state index contributed by atoms with van der Waals surface area (Å²) in [4.78, 5) is 18.4. The Morgan fingerprint density at radius 2 is 1.89 bits per heavy atom. The van der Waals surface area contributed by atoms with E-state index < -0.39 is 0 Å². The number of aliphatic imine (C=N–C) groups is 1. The standard InChI is InChI=1S/C21H32N4O.HI/c1-3-22-20(25-15-13-21(16-25)11-4-5-12-21)23-14-10-18-6-8-19(9-7-18)24-17(2)26;/h6-9H,3-5,10-16H2,1-2H3,(H,22,23)(H,24,26);1H. The first kappa shape index (κ1) is 22.0. The summed E-state index contributed by atoms with van der Waals surface area (Å²) in [7, 11) is 0. The third kappa shape index (κ3) is 6.09. The first-order valence-electron chi connectivity index (χ1n) is 10.00. The zero-order valence-corrected chi connectivity index (χ0v) is 18.9. The lowest BCUT2D eigenvalue weighted by Crippen LogP contribution is -2.41. The lowest BCUT2D eigenvalue weighted by Gasteiger charge is -2.26. The molecule has 2 aliphatic rings. The summed E-state index contributed by atoms with van der Waals surface area (Å²) >= 11 is 0. The zero-order chi connectivity index (χ0) is 18.4. The first-order valence-corrected chi connectivity index (χ1v) is 10.00. The third-order valence-electron chi connectivity index (χ3n) is 5.67. The lowest BCUT2D eigenvalue weighted by atomic mass is 9.86. The van der Waals surface area contributed by atoms with E-state index in [2.05, 4.69) is 34.6 Å². The van der Waals surface area contributed by atoms with Crippen LogP contribution in [0.25, 0.3) is 0 Å². The molecule has 0 atom stereocenters. The lowest BCUT2D eigenvalue weighted by molar-refractivity contribution is -0.114. The van der Waals surface area contributed by atoms with Crippen LogP contribution in [0.4, 0.5) is 5.69 Å². The number of hydrogen-bond donors (Lipinski definition) is 2. The monoisotopic (exact) mass is 484 g/mol. The largest absolute Gasteiger partial charge is 0.357 e. The van der Waals surface area contributed by atoms with E-state index in [4.69, 9.17) is 4.99 Å². The normalized spacial score (nSPS) is 18.4. The van der Waals surface area contributed by atoms with Crippen molar-refractivity contribution in [2.75, 3.05) is 31.5 Å². The van der Waals surface area contributed by atoms with Gasteiger partial charge in [0, 0.05) is 38.8 Å². The van der Waals surface area contributed by atoms with Crippen LogP contribution in [0.3, 0.4) is 0 Å². The quantitative estimate of drug-likeness (QED) is 0.377. The summed E-state index contributed by atoms with van der Waals surface area (Å²) < 4.78 is 0. The summed E-state index contributed by atoms with van der Waals surface area (Å²) in [6, 6.07) is 8.04. The first-order chi connectivity index (χ1) is 12.6. The van der Waals surface area contributed by atoms with Crippen LogP contribution < -0.4 is 10.6 Å². The molecule has 1 saturated heterocycles. The number of nitrogens with one attached hydrogen (secondary N) is 2. The molecular formula is C21H33IN4O. The molecule has 1 aromatic carbocycles. The van der Waals surface area contributed by atoms with Crippen molar-refractivity contribution in [3.63, 3.8) is 0 Å². The van der Waals surface area contributed by atoms with Crippen LogP contribution in [-0.4, -0.2) is 42.9 Å². The van der Waals surface area contributed by atoms with Crippen LogP contribution in [0.1, 0.15) is 51.5 Å². The van der Waals surface area contributed by atoms with Gasteiger partial charge in [0.05, 0.1) is 0 Å². The van der Waals surface area contributed by atoms with Crippen LogP contribution in [0.5, 0.6) is 0 Å². The van der Waals surface area contributed by atoms with Gasteiger partial charge in [0.15, 0.2) is 5.96 Å². The Labute approximate surface area is 180 Å².